The molecule has 1 aliphatic heterocycles. The molecule has 11 heteroatoms. The van der Waals surface area contributed by atoms with E-state index in [4.69, 9.17) is 17.5 Å². The number of halogens is 5. The van der Waals surface area contributed by atoms with Gasteiger partial charge in [-0.2, -0.15) is 18.4 Å². The molecule has 2 aromatic rings. The number of rotatable bonds is 3. The van der Waals surface area contributed by atoms with Gasteiger partial charge in [0.05, 0.1) is 22.9 Å². The number of nitrogens with zero attached hydrogens (tertiary/aromatic N) is 3. The minimum absolute atomic E-state index is 0.110. The summed E-state index contributed by atoms with van der Waals surface area (Å²) in [7, 11) is 0. The number of alkyl halides is 3. The molecule has 0 N–H and O–H groups in total. The Morgan fingerprint density at radius 2 is 1.84 bits per heavy atom. The van der Waals surface area contributed by atoms with Crippen molar-refractivity contribution < 1.29 is 31.5 Å². The largest absolute Gasteiger partial charge is 0.420 e. The summed E-state index contributed by atoms with van der Waals surface area (Å²) in [6.45, 7) is 0. The number of anilines is 2. The van der Waals surface area contributed by atoms with Gasteiger partial charge >= 0.3 is 6.18 Å². The molecule has 1 aliphatic carbocycles. The van der Waals surface area contributed by atoms with Crippen LogP contribution in [0.5, 0.6) is 0 Å². The number of benzene rings is 2. The third kappa shape index (κ3) is 2.97. The van der Waals surface area contributed by atoms with Gasteiger partial charge in [0, 0.05) is 5.69 Å². The Balaban J connectivity index is 1.87. The molecule has 1 saturated carbocycles. The number of hydrogen-bond acceptors (Lipinski definition) is 4. The average Bonchev–Trinajstić information content (AvgIpc) is 2.93. The number of amides is 1. The van der Waals surface area contributed by atoms with Gasteiger partial charge in [-0.1, -0.05) is 0 Å². The molecule has 1 amide bonds. The monoisotopic (exact) mass is 465 g/mol. The SMILES string of the molecule is N#Cc1ccc(N2C(=O)C3(CCC3)N(c3ccc(C=O)c(F)c3)C2=S)c(F)c1C(F)(F)F. The summed E-state index contributed by atoms with van der Waals surface area (Å²) in [4.78, 5) is 26.2. The second-order valence-electron chi connectivity index (χ2n) is 7.40. The van der Waals surface area contributed by atoms with Crippen molar-refractivity contribution >= 4 is 40.9 Å². The smallest absolute Gasteiger partial charge is 0.303 e. The van der Waals surface area contributed by atoms with E-state index in [1.807, 2.05) is 0 Å². The molecule has 0 radical (unpaired) electrons. The molecular formula is C21H12F5N3O2S. The molecule has 4 rings (SSSR count). The van der Waals surface area contributed by atoms with E-state index in [2.05, 4.69) is 0 Å². The molecule has 0 atom stereocenters. The van der Waals surface area contributed by atoms with Gasteiger partial charge in [0.15, 0.2) is 17.2 Å². The first-order chi connectivity index (χ1) is 15.1. The van der Waals surface area contributed by atoms with Crippen molar-refractivity contribution in [2.24, 2.45) is 0 Å². The van der Waals surface area contributed by atoms with Gasteiger partial charge in [-0.25, -0.2) is 8.78 Å². The summed E-state index contributed by atoms with van der Waals surface area (Å²) in [5, 5.41) is 8.64. The van der Waals surface area contributed by atoms with Gasteiger partial charge in [0.25, 0.3) is 5.91 Å². The predicted molar refractivity (Wildman–Crippen MR) is 107 cm³/mol. The van der Waals surface area contributed by atoms with Crippen molar-refractivity contribution in [3.63, 3.8) is 0 Å². The Morgan fingerprint density at radius 3 is 2.34 bits per heavy atom. The Bertz CT molecular complexity index is 1220. The molecule has 32 heavy (non-hydrogen) atoms. The molecule has 1 spiro atoms. The number of thiocarbonyl (C=S) groups is 1. The summed E-state index contributed by atoms with van der Waals surface area (Å²) >= 11 is 5.34. The molecule has 164 valence electrons. The van der Waals surface area contributed by atoms with Crippen LogP contribution in [0.25, 0.3) is 0 Å². The number of carbonyl (C=O) groups is 2. The summed E-state index contributed by atoms with van der Waals surface area (Å²) in [6, 6.07) is 6.48. The molecule has 2 aromatic carbocycles. The zero-order valence-electron chi connectivity index (χ0n) is 16.0. The van der Waals surface area contributed by atoms with Crippen LogP contribution in [0.4, 0.5) is 33.3 Å². The number of carbonyl (C=O) groups excluding carboxylic acids is 2. The fourth-order valence-corrected chi connectivity index (χ4v) is 4.51. The van der Waals surface area contributed by atoms with Crippen LogP contribution in [0, 0.1) is 23.0 Å². The van der Waals surface area contributed by atoms with E-state index in [1.165, 1.54) is 23.1 Å². The van der Waals surface area contributed by atoms with Crippen LogP contribution in [0.3, 0.4) is 0 Å². The third-order valence-corrected chi connectivity index (χ3v) is 6.09. The topological polar surface area (TPSA) is 64.4 Å². The summed E-state index contributed by atoms with van der Waals surface area (Å²) in [5.74, 6) is -3.42. The molecule has 2 fully saturated rings. The van der Waals surface area contributed by atoms with Crippen molar-refractivity contribution in [3.05, 3.63) is 58.7 Å². The highest BCUT2D eigenvalue weighted by atomic mass is 32.1. The maximum Gasteiger partial charge on any atom is 0.420 e. The van der Waals surface area contributed by atoms with Crippen LogP contribution in [0.15, 0.2) is 30.3 Å². The van der Waals surface area contributed by atoms with E-state index >= 15 is 4.39 Å². The van der Waals surface area contributed by atoms with Gasteiger partial charge in [-0.05, 0) is 61.8 Å². The van der Waals surface area contributed by atoms with E-state index < -0.39 is 46.1 Å². The van der Waals surface area contributed by atoms with E-state index in [1.54, 1.807) is 0 Å². The van der Waals surface area contributed by atoms with Gasteiger partial charge < -0.3 is 4.90 Å². The maximum atomic E-state index is 15.0. The normalized spacial score (nSPS) is 17.5. The zero-order chi connectivity index (χ0) is 23.4. The first-order valence-electron chi connectivity index (χ1n) is 9.30. The Hall–Kier alpha value is -3.39. The fourth-order valence-electron chi connectivity index (χ4n) is 4.05. The minimum atomic E-state index is -5.18. The molecule has 0 unspecified atom stereocenters. The molecule has 0 bridgehead atoms. The average molecular weight is 465 g/mol. The highest BCUT2D eigenvalue weighted by Crippen LogP contribution is 2.49. The van der Waals surface area contributed by atoms with Gasteiger partial charge in [-0.3, -0.25) is 14.5 Å². The van der Waals surface area contributed by atoms with Gasteiger partial charge in [0.2, 0.25) is 0 Å². The van der Waals surface area contributed by atoms with Crippen molar-refractivity contribution in [2.75, 3.05) is 9.80 Å². The maximum absolute atomic E-state index is 15.0. The third-order valence-electron chi connectivity index (χ3n) is 5.73. The van der Waals surface area contributed by atoms with Crippen LogP contribution in [0.1, 0.15) is 40.7 Å². The van der Waals surface area contributed by atoms with E-state index in [-0.39, 0.29) is 29.2 Å². The van der Waals surface area contributed by atoms with Crippen molar-refractivity contribution in [2.45, 2.75) is 31.0 Å². The van der Waals surface area contributed by atoms with Crippen LogP contribution in [-0.4, -0.2) is 22.8 Å². The quantitative estimate of drug-likeness (QED) is 0.373. The lowest BCUT2D eigenvalue weighted by Gasteiger charge is -2.43. The van der Waals surface area contributed by atoms with Crippen molar-refractivity contribution in [3.8, 4) is 6.07 Å². The molecule has 5 nitrogen and oxygen atoms in total. The fraction of sp³-hybridized carbons (Fsp3) is 0.238. The first kappa shape index (κ1) is 21.8. The second kappa shape index (κ2) is 7.34. The number of nitriles is 1. The van der Waals surface area contributed by atoms with Crippen LogP contribution in [0.2, 0.25) is 0 Å². The Labute approximate surface area is 183 Å². The lowest BCUT2D eigenvalue weighted by atomic mass is 9.75. The zero-order valence-corrected chi connectivity index (χ0v) is 16.9. The predicted octanol–water partition coefficient (Wildman–Crippen LogP) is 4.73. The summed E-state index contributed by atoms with van der Waals surface area (Å²) in [6.07, 6.45) is -3.75. The molecule has 1 saturated heterocycles. The van der Waals surface area contributed by atoms with Crippen LogP contribution in [-0.2, 0) is 11.0 Å². The van der Waals surface area contributed by atoms with Gasteiger partial charge in [0.1, 0.15) is 16.9 Å². The van der Waals surface area contributed by atoms with Crippen LogP contribution >= 0.6 is 12.2 Å². The number of hydrogen-bond donors (Lipinski definition) is 0. The summed E-state index contributed by atoms with van der Waals surface area (Å²) in [5.41, 5.74) is -4.89. The lowest BCUT2D eigenvalue weighted by molar-refractivity contribution is -0.140. The van der Waals surface area contributed by atoms with E-state index in [0.717, 1.165) is 18.2 Å². The number of aldehydes is 1. The minimum Gasteiger partial charge on any atom is -0.303 e. The lowest BCUT2D eigenvalue weighted by Crippen LogP contribution is -2.55. The Morgan fingerprint density at radius 1 is 1.16 bits per heavy atom. The summed E-state index contributed by atoms with van der Waals surface area (Å²) < 4.78 is 69.6. The highest BCUT2D eigenvalue weighted by molar-refractivity contribution is 7.81. The second-order valence-corrected chi connectivity index (χ2v) is 7.76. The molecular weight excluding hydrogens is 453 g/mol. The Kier molecular flexibility index (Phi) is 5.01. The molecule has 1 heterocycles. The standard InChI is InChI=1S/C21H12F5N3O2S/c22-14-8-13(4-2-12(14)10-30)29-19(32)28(18(31)20(29)6-1-7-20)15-5-3-11(9-27)16(17(15)23)21(24,25)26/h2-5,8,10H,1,6-7H2. The van der Waals surface area contributed by atoms with Crippen molar-refractivity contribution in [1.82, 2.24) is 0 Å². The first-order valence-corrected chi connectivity index (χ1v) is 9.71. The molecule has 0 aromatic heterocycles. The van der Waals surface area contributed by atoms with E-state index in [9.17, 15) is 27.2 Å². The van der Waals surface area contributed by atoms with Gasteiger partial charge in [-0.15, -0.1) is 0 Å². The highest BCUT2D eigenvalue weighted by Gasteiger charge is 2.60. The molecule has 2 aliphatic rings. The van der Waals surface area contributed by atoms with Crippen LogP contribution < -0.4 is 9.80 Å². The van der Waals surface area contributed by atoms with Crippen molar-refractivity contribution in [1.29, 1.82) is 5.26 Å². The van der Waals surface area contributed by atoms with E-state index in [0.29, 0.717) is 17.6 Å².